The highest BCUT2D eigenvalue weighted by molar-refractivity contribution is 5.91. The van der Waals surface area contributed by atoms with Crippen molar-refractivity contribution in [3.63, 3.8) is 0 Å². The van der Waals surface area contributed by atoms with E-state index in [0.717, 1.165) is 13.0 Å². The van der Waals surface area contributed by atoms with Crippen LogP contribution in [0.3, 0.4) is 0 Å². The predicted octanol–water partition coefficient (Wildman–Crippen LogP) is -0.747. The maximum atomic E-state index is 11.7. The van der Waals surface area contributed by atoms with Crippen molar-refractivity contribution in [1.82, 2.24) is 29.9 Å². The van der Waals surface area contributed by atoms with Gasteiger partial charge in [0.15, 0.2) is 5.69 Å². The molecule has 0 spiro atoms. The van der Waals surface area contributed by atoms with Crippen LogP contribution >= 0.6 is 0 Å². The Hall–Kier alpha value is -2.22. The maximum absolute atomic E-state index is 11.7. The predicted molar refractivity (Wildman–Crippen MR) is 68.3 cm³/mol. The summed E-state index contributed by atoms with van der Waals surface area (Å²) in [4.78, 5) is 15.7. The number of nitrogens with zero attached hydrogens (tertiary/aromatic N) is 5. The number of rotatable bonds is 7. The van der Waals surface area contributed by atoms with E-state index in [-0.39, 0.29) is 5.91 Å². The van der Waals surface area contributed by atoms with Crippen LogP contribution < -0.4 is 11.1 Å². The van der Waals surface area contributed by atoms with Gasteiger partial charge in [-0.25, -0.2) is 4.98 Å². The van der Waals surface area contributed by atoms with Crippen LogP contribution in [0.15, 0.2) is 24.9 Å². The summed E-state index contributed by atoms with van der Waals surface area (Å²) in [6.45, 7) is 2.43. The first kappa shape index (κ1) is 13.2. The number of aromatic nitrogens is 5. The summed E-state index contributed by atoms with van der Waals surface area (Å²) in [5.74, 6) is -0.214. The van der Waals surface area contributed by atoms with Gasteiger partial charge in [-0.05, 0) is 6.42 Å². The van der Waals surface area contributed by atoms with Crippen LogP contribution in [0.5, 0.6) is 0 Å². The van der Waals surface area contributed by atoms with Crippen LogP contribution in [0.1, 0.15) is 16.9 Å². The maximum Gasteiger partial charge on any atom is 0.273 e. The molecule has 3 N–H and O–H groups in total. The number of amides is 1. The second-order valence-electron chi connectivity index (χ2n) is 4.07. The minimum Gasteiger partial charge on any atom is -0.351 e. The Kier molecular flexibility index (Phi) is 4.62. The smallest absolute Gasteiger partial charge is 0.273 e. The molecule has 0 aliphatic rings. The molecule has 0 radical (unpaired) electrons. The van der Waals surface area contributed by atoms with Crippen LogP contribution in [0.25, 0.3) is 0 Å². The van der Waals surface area contributed by atoms with Crippen molar-refractivity contribution in [3.8, 4) is 0 Å². The van der Waals surface area contributed by atoms with Crippen molar-refractivity contribution < 1.29 is 4.79 Å². The van der Waals surface area contributed by atoms with E-state index in [2.05, 4.69) is 20.6 Å². The molecule has 2 rings (SSSR count). The topological polar surface area (TPSA) is 104 Å². The number of aryl methyl sites for hydroxylation is 1. The molecule has 102 valence electrons. The summed E-state index contributed by atoms with van der Waals surface area (Å²) in [7, 11) is 0. The van der Waals surface area contributed by atoms with Crippen LogP contribution in [0.4, 0.5) is 0 Å². The Balaban J connectivity index is 1.71. The molecule has 0 atom stereocenters. The second-order valence-corrected chi connectivity index (χ2v) is 4.07. The van der Waals surface area contributed by atoms with Gasteiger partial charge in [0.2, 0.25) is 0 Å². The lowest BCUT2D eigenvalue weighted by molar-refractivity contribution is 0.0947. The normalized spacial score (nSPS) is 10.6. The van der Waals surface area contributed by atoms with Crippen LogP contribution in [-0.4, -0.2) is 43.5 Å². The fourth-order valence-corrected chi connectivity index (χ4v) is 1.62. The number of imidazole rings is 1. The van der Waals surface area contributed by atoms with Crippen LogP contribution in [0, 0.1) is 0 Å². The molecule has 2 aromatic rings. The minimum atomic E-state index is -0.214. The van der Waals surface area contributed by atoms with Crippen molar-refractivity contribution in [2.45, 2.75) is 19.5 Å². The number of hydrogen-bond acceptors (Lipinski definition) is 5. The zero-order valence-electron chi connectivity index (χ0n) is 10.6. The first-order valence-corrected chi connectivity index (χ1v) is 6.13. The summed E-state index contributed by atoms with van der Waals surface area (Å²) in [6, 6.07) is 0. The van der Waals surface area contributed by atoms with Crippen molar-refractivity contribution in [2.24, 2.45) is 5.73 Å². The van der Waals surface area contributed by atoms with Gasteiger partial charge in [0.05, 0.1) is 19.1 Å². The van der Waals surface area contributed by atoms with Crippen LogP contribution in [0.2, 0.25) is 0 Å². The van der Waals surface area contributed by atoms with Gasteiger partial charge in [-0.3, -0.25) is 9.48 Å². The van der Waals surface area contributed by atoms with Gasteiger partial charge in [0.25, 0.3) is 5.91 Å². The van der Waals surface area contributed by atoms with Gasteiger partial charge in [-0.1, -0.05) is 5.21 Å². The van der Waals surface area contributed by atoms with Crippen molar-refractivity contribution in [1.29, 1.82) is 0 Å². The molecule has 19 heavy (non-hydrogen) atoms. The third-order valence-electron chi connectivity index (χ3n) is 2.57. The fourth-order valence-electron chi connectivity index (χ4n) is 1.62. The molecule has 8 heteroatoms. The zero-order valence-corrected chi connectivity index (χ0v) is 10.6. The van der Waals surface area contributed by atoms with E-state index >= 15 is 0 Å². The number of carbonyl (C=O) groups excluding carboxylic acids is 1. The van der Waals surface area contributed by atoms with Gasteiger partial charge < -0.3 is 15.6 Å². The molecule has 2 heterocycles. The molecule has 0 aliphatic carbocycles. The lowest BCUT2D eigenvalue weighted by atomic mass is 10.4. The highest BCUT2D eigenvalue weighted by Crippen LogP contribution is 1.94. The molecule has 0 bridgehead atoms. The second kappa shape index (κ2) is 6.64. The Morgan fingerprint density at radius 1 is 1.42 bits per heavy atom. The summed E-state index contributed by atoms with van der Waals surface area (Å²) >= 11 is 0. The molecule has 1 amide bonds. The van der Waals surface area contributed by atoms with Gasteiger partial charge in [0.1, 0.15) is 0 Å². The van der Waals surface area contributed by atoms with Gasteiger partial charge in [-0.2, -0.15) is 0 Å². The van der Waals surface area contributed by atoms with E-state index in [9.17, 15) is 4.79 Å². The molecule has 0 aliphatic heterocycles. The van der Waals surface area contributed by atoms with Crippen molar-refractivity contribution in [2.75, 3.05) is 13.1 Å². The van der Waals surface area contributed by atoms with E-state index in [1.54, 1.807) is 23.4 Å². The van der Waals surface area contributed by atoms with Gasteiger partial charge in [0, 0.05) is 32.0 Å². The molecule has 2 aromatic heterocycles. The van der Waals surface area contributed by atoms with E-state index in [0.29, 0.717) is 25.3 Å². The Morgan fingerprint density at radius 3 is 3.05 bits per heavy atom. The Labute approximate surface area is 110 Å². The molecule has 0 unspecified atom stereocenters. The van der Waals surface area contributed by atoms with Crippen molar-refractivity contribution in [3.05, 3.63) is 30.6 Å². The highest BCUT2D eigenvalue weighted by atomic mass is 16.2. The summed E-state index contributed by atoms with van der Waals surface area (Å²) in [5, 5.41) is 10.4. The molecular formula is C11H17N7O. The van der Waals surface area contributed by atoms with Crippen LogP contribution in [-0.2, 0) is 13.1 Å². The largest absolute Gasteiger partial charge is 0.351 e. The standard InChI is InChI=1S/C11H17N7O/c12-2-6-18-8-10(15-16-18)11(19)14-3-1-5-17-7-4-13-9-17/h4,7-9H,1-3,5-6,12H2,(H,14,19). The van der Waals surface area contributed by atoms with Gasteiger partial charge >= 0.3 is 0 Å². The highest BCUT2D eigenvalue weighted by Gasteiger charge is 2.09. The number of hydrogen-bond donors (Lipinski definition) is 2. The Morgan fingerprint density at radius 2 is 2.32 bits per heavy atom. The zero-order chi connectivity index (χ0) is 13.5. The van der Waals surface area contributed by atoms with E-state index in [1.165, 1.54) is 0 Å². The molecule has 0 fully saturated rings. The van der Waals surface area contributed by atoms with E-state index < -0.39 is 0 Å². The molecule has 0 aromatic carbocycles. The molecule has 8 nitrogen and oxygen atoms in total. The quantitative estimate of drug-likeness (QED) is 0.640. The fraction of sp³-hybridized carbons (Fsp3) is 0.455. The lowest BCUT2D eigenvalue weighted by Crippen LogP contribution is -2.25. The molecule has 0 saturated heterocycles. The monoisotopic (exact) mass is 263 g/mol. The molecular weight excluding hydrogens is 246 g/mol. The van der Waals surface area contributed by atoms with E-state index in [1.807, 2.05) is 10.8 Å². The first-order valence-electron chi connectivity index (χ1n) is 6.13. The average Bonchev–Trinajstić information content (AvgIpc) is 3.06. The lowest BCUT2D eigenvalue weighted by Gasteiger charge is -2.03. The number of nitrogens with one attached hydrogen (secondary N) is 1. The summed E-state index contributed by atoms with van der Waals surface area (Å²) in [5.41, 5.74) is 5.71. The number of nitrogens with two attached hydrogens (primary N) is 1. The third kappa shape index (κ3) is 3.88. The third-order valence-corrected chi connectivity index (χ3v) is 2.57. The first-order chi connectivity index (χ1) is 9.29. The minimum absolute atomic E-state index is 0.214. The summed E-state index contributed by atoms with van der Waals surface area (Å²) in [6.07, 6.45) is 7.80. The average molecular weight is 263 g/mol. The van der Waals surface area contributed by atoms with E-state index in [4.69, 9.17) is 5.73 Å². The van der Waals surface area contributed by atoms with Gasteiger partial charge in [-0.15, -0.1) is 5.10 Å². The number of carbonyl (C=O) groups is 1. The Bertz CT molecular complexity index is 505. The summed E-state index contributed by atoms with van der Waals surface area (Å²) < 4.78 is 3.52. The SMILES string of the molecule is NCCn1cc(C(=O)NCCCn2ccnc2)nn1. The van der Waals surface area contributed by atoms with Crippen molar-refractivity contribution >= 4 is 5.91 Å². The molecule has 0 saturated carbocycles.